The molecule has 0 spiro atoms. The van der Waals surface area contributed by atoms with E-state index in [0.29, 0.717) is 6.10 Å². The van der Waals surface area contributed by atoms with Gasteiger partial charge in [-0.05, 0) is 46.3 Å². The molecule has 0 aromatic heterocycles. The lowest BCUT2D eigenvalue weighted by Gasteiger charge is -2.17. The number of rotatable bonds is 10. The Morgan fingerprint density at radius 3 is 2.50 bits per heavy atom. The van der Waals surface area contributed by atoms with Crippen molar-refractivity contribution in [2.45, 2.75) is 39.8 Å². The Labute approximate surface area is 124 Å². The van der Waals surface area contributed by atoms with Crippen LogP contribution in [-0.4, -0.2) is 44.3 Å². The molecular formula is C17H30N2O. The highest BCUT2D eigenvalue weighted by molar-refractivity contribution is 5.21. The van der Waals surface area contributed by atoms with Gasteiger partial charge in [-0.25, -0.2) is 0 Å². The molecule has 0 radical (unpaired) electrons. The van der Waals surface area contributed by atoms with Crippen molar-refractivity contribution in [3.63, 3.8) is 0 Å². The molecule has 3 heteroatoms. The van der Waals surface area contributed by atoms with E-state index in [9.17, 15) is 0 Å². The van der Waals surface area contributed by atoms with Gasteiger partial charge in [-0.3, -0.25) is 0 Å². The van der Waals surface area contributed by atoms with E-state index < -0.39 is 0 Å². The third kappa shape index (κ3) is 8.31. The van der Waals surface area contributed by atoms with Crippen molar-refractivity contribution in [2.24, 2.45) is 0 Å². The smallest absolute Gasteiger partial charge is 0.0518 e. The molecule has 0 saturated heterocycles. The molecule has 3 nitrogen and oxygen atoms in total. The van der Waals surface area contributed by atoms with Crippen molar-refractivity contribution in [1.29, 1.82) is 0 Å². The van der Waals surface area contributed by atoms with Gasteiger partial charge in [0, 0.05) is 26.2 Å². The van der Waals surface area contributed by atoms with Gasteiger partial charge >= 0.3 is 0 Å². The zero-order valence-electron chi connectivity index (χ0n) is 13.5. The number of benzene rings is 1. The first kappa shape index (κ1) is 17.2. The molecule has 0 heterocycles. The average molecular weight is 278 g/mol. The molecule has 0 amide bonds. The van der Waals surface area contributed by atoms with Gasteiger partial charge in [0.1, 0.15) is 0 Å². The quantitative estimate of drug-likeness (QED) is 0.666. The highest BCUT2D eigenvalue weighted by atomic mass is 16.5. The molecule has 20 heavy (non-hydrogen) atoms. The zero-order chi connectivity index (χ0) is 14.8. The van der Waals surface area contributed by atoms with Crippen LogP contribution in [0.5, 0.6) is 0 Å². The van der Waals surface area contributed by atoms with E-state index in [1.54, 1.807) is 0 Å². The van der Waals surface area contributed by atoms with Gasteiger partial charge in [0.05, 0.1) is 6.10 Å². The normalized spacial score (nSPS) is 11.5. The molecule has 0 aliphatic carbocycles. The molecular weight excluding hydrogens is 248 g/mol. The minimum Gasteiger partial charge on any atom is -0.379 e. The highest BCUT2D eigenvalue weighted by Crippen LogP contribution is 2.05. The van der Waals surface area contributed by atoms with E-state index in [0.717, 1.165) is 39.2 Å². The van der Waals surface area contributed by atoms with Crippen LogP contribution in [0.15, 0.2) is 24.3 Å². The molecule has 0 aliphatic rings. The highest BCUT2D eigenvalue weighted by Gasteiger charge is 2.00. The third-order valence-corrected chi connectivity index (χ3v) is 3.19. The molecule has 1 N–H and O–H groups in total. The molecule has 0 bridgehead atoms. The third-order valence-electron chi connectivity index (χ3n) is 3.19. The van der Waals surface area contributed by atoms with E-state index in [-0.39, 0.29) is 0 Å². The first-order valence-electron chi connectivity index (χ1n) is 7.64. The molecule has 0 saturated carbocycles. The van der Waals surface area contributed by atoms with Gasteiger partial charge in [-0.2, -0.15) is 0 Å². The van der Waals surface area contributed by atoms with Crippen molar-refractivity contribution in [2.75, 3.05) is 33.3 Å². The summed E-state index contributed by atoms with van der Waals surface area (Å²) in [6.45, 7) is 11.3. The maximum absolute atomic E-state index is 5.51. The molecule has 0 fully saturated rings. The van der Waals surface area contributed by atoms with Gasteiger partial charge in [-0.1, -0.05) is 29.8 Å². The number of hydrogen-bond donors (Lipinski definition) is 1. The van der Waals surface area contributed by atoms with Crippen molar-refractivity contribution in [3.8, 4) is 0 Å². The van der Waals surface area contributed by atoms with E-state index in [4.69, 9.17) is 4.74 Å². The summed E-state index contributed by atoms with van der Waals surface area (Å²) in [5.41, 5.74) is 2.70. The first-order valence-corrected chi connectivity index (χ1v) is 7.64. The molecule has 0 atom stereocenters. The molecule has 0 unspecified atom stereocenters. The minimum absolute atomic E-state index is 0.343. The molecule has 114 valence electrons. The Balaban J connectivity index is 2.03. The lowest BCUT2D eigenvalue weighted by Crippen LogP contribution is -2.29. The van der Waals surface area contributed by atoms with Crippen LogP contribution in [0.3, 0.4) is 0 Å². The molecule has 0 aliphatic heterocycles. The maximum atomic E-state index is 5.51. The van der Waals surface area contributed by atoms with Crippen LogP contribution >= 0.6 is 0 Å². The van der Waals surface area contributed by atoms with Gasteiger partial charge < -0.3 is 15.0 Å². The summed E-state index contributed by atoms with van der Waals surface area (Å²) < 4.78 is 5.51. The Hall–Kier alpha value is -0.900. The van der Waals surface area contributed by atoms with Crippen LogP contribution in [0.25, 0.3) is 0 Å². The topological polar surface area (TPSA) is 24.5 Å². The number of nitrogens with one attached hydrogen (secondary N) is 1. The van der Waals surface area contributed by atoms with Crippen molar-refractivity contribution >= 4 is 0 Å². The maximum Gasteiger partial charge on any atom is 0.0518 e. The number of aryl methyl sites for hydroxylation is 1. The monoisotopic (exact) mass is 278 g/mol. The summed E-state index contributed by atoms with van der Waals surface area (Å²) in [7, 11) is 2.17. The molecule has 1 rings (SSSR count). The zero-order valence-corrected chi connectivity index (χ0v) is 13.5. The predicted octanol–water partition coefficient (Wildman–Crippen LogP) is 2.83. The lowest BCUT2D eigenvalue weighted by atomic mass is 10.1. The van der Waals surface area contributed by atoms with Crippen LogP contribution in [-0.2, 0) is 11.3 Å². The fourth-order valence-corrected chi connectivity index (χ4v) is 2.00. The van der Waals surface area contributed by atoms with Crippen LogP contribution in [0, 0.1) is 6.92 Å². The molecule has 1 aromatic carbocycles. The Morgan fingerprint density at radius 2 is 1.85 bits per heavy atom. The molecule has 1 aromatic rings. The Morgan fingerprint density at radius 1 is 1.15 bits per heavy atom. The summed E-state index contributed by atoms with van der Waals surface area (Å²) >= 11 is 0. The first-order chi connectivity index (χ1) is 9.58. The Bertz CT molecular complexity index is 349. The van der Waals surface area contributed by atoms with Crippen LogP contribution in [0.4, 0.5) is 0 Å². The SMILES string of the molecule is Cc1ccc(CN(C)CCNCCCOC(C)C)cc1. The average Bonchev–Trinajstić information content (AvgIpc) is 2.40. The second kappa shape index (κ2) is 9.92. The number of likely N-dealkylation sites (N-methyl/N-ethyl adjacent to an activating group) is 1. The van der Waals surface area contributed by atoms with Crippen molar-refractivity contribution in [1.82, 2.24) is 10.2 Å². The summed E-state index contributed by atoms with van der Waals surface area (Å²) in [5, 5.41) is 3.46. The van der Waals surface area contributed by atoms with Crippen molar-refractivity contribution in [3.05, 3.63) is 35.4 Å². The van der Waals surface area contributed by atoms with E-state index in [1.165, 1.54) is 11.1 Å². The fourth-order valence-electron chi connectivity index (χ4n) is 2.00. The van der Waals surface area contributed by atoms with Gasteiger partial charge in [0.15, 0.2) is 0 Å². The Kier molecular flexibility index (Phi) is 8.51. The van der Waals surface area contributed by atoms with Crippen LogP contribution < -0.4 is 5.32 Å². The summed E-state index contributed by atoms with van der Waals surface area (Å²) in [4.78, 5) is 2.35. The van der Waals surface area contributed by atoms with E-state index in [1.807, 2.05) is 0 Å². The van der Waals surface area contributed by atoms with Gasteiger partial charge in [0.2, 0.25) is 0 Å². The van der Waals surface area contributed by atoms with Crippen LogP contribution in [0.2, 0.25) is 0 Å². The van der Waals surface area contributed by atoms with Gasteiger partial charge in [0.25, 0.3) is 0 Å². The van der Waals surface area contributed by atoms with E-state index in [2.05, 4.69) is 62.3 Å². The minimum atomic E-state index is 0.343. The van der Waals surface area contributed by atoms with Crippen molar-refractivity contribution < 1.29 is 4.74 Å². The van der Waals surface area contributed by atoms with Crippen LogP contribution in [0.1, 0.15) is 31.4 Å². The number of nitrogens with zero attached hydrogens (tertiary/aromatic N) is 1. The largest absolute Gasteiger partial charge is 0.379 e. The summed E-state index contributed by atoms with van der Waals surface area (Å²) in [6.07, 6.45) is 1.43. The second-order valence-corrected chi connectivity index (χ2v) is 5.75. The standard InChI is InChI=1S/C17H30N2O/c1-15(2)20-13-5-10-18-11-12-19(4)14-17-8-6-16(3)7-9-17/h6-9,15,18H,5,10-14H2,1-4H3. The summed E-state index contributed by atoms with van der Waals surface area (Å²) in [5.74, 6) is 0. The number of ether oxygens (including phenoxy) is 1. The van der Waals surface area contributed by atoms with E-state index >= 15 is 0 Å². The fraction of sp³-hybridized carbons (Fsp3) is 0.647. The summed E-state index contributed by atoms with van der Waals surface area (Å²) in [6, 6.07) is 8.78. The lowest BCUT2D eigenvalue weighted by molar-refractivity contribution is 0.0770. The number of hydrogen-bond acceptors (Lipinski definition) is 3. The second-order valence-electron chi connectivity index (χ2n) is 5.75. The van der Waals surface area contributed by atoms with Gasteiger partial charge in [-0.15, -0.1) is 0 Å². The predicted molar refractivity (Wildman–Crippen MR) is 86.1 cm³/mol.